The van der Waals surface area contributed by atoms with Crippen molar-refractivity contribution in [2.75, 3.05) is 0 Å². The lowest BCUT2D eigenvalue weighted by Gasteiger charge is -2.17. The standard InChI is InChI=1S/C16H16Br2/c1-9-5-7-13(17)11(3)15(9)16-10(2)6-8-14(18)12(16)4/h5-8H,1-4H3. The van der Waals surface area contributed by atoms with Gasteiger partial charge in [0.05, 0.1) is 0 Å². The fourth-order valence-corrected chi connectivity index (χ4v) is 3.07. The predicted molar refractivity (Wildman–Crippen MR) is 86.2 cm³/mol. The van der Waals surface area contributed by atoms with Gasteiger partial charge in [-0.15, -0.1) is 0 Å². The van der Waals surface area contributed by atoms with E-state index in [2.05, 4.69) is 83.8 Å². The fraction of sp³-hybridized carbons (Fsp3) is 0.250. The highest BCUT2D eigenvalue weighted by Gasteiger charge is 2.14. The molecule has 0 nitrogen and oxygen atoms in total. The Balaban J connectivity index is 2.85. The van der Waals surface area contributed by atoms with Gasteiger partial charge in [-0.1, -0.05) is 44.0 Å². The highest BCUT2D eigenvalue weighted by Crippen LogP contribution is 2.38. The van der Waals surface area contributed by atoms with Crippen LogP contribution in [0.5, 0.6) is 0 Å². The molecule has 0 bridgehead atoms. The number of halogens is 2. The van der Waals surface area contributed by atoms with E-state index in [1.165, 1.54) is 42.3 Å². The van der Waals surface area contributed by atoms with Crippen LogP contribution in [0.15, 0.2) is 33.2 Å². The van der Waals surface area contributed by atoms with Crippen molar-refractivity contribution < 1.29 is 0 Å². The Hall–Kier alpha value is -0.600. The summed E-state index contributed by atoms with van der Waals surface area (Å²) in [4.78, 5) is 0. The molecule has 94 valence electrons. The Morgan fingerprint density at radius 2 is 0.944 bits per heavy atom. The lowest BCUT2D eigenvalue weighted by atomic mass is 9.90. The minimum Gasteiger partial charge on any atom is -0.0576 e. The molecule has 18 heavy (non-hydrogen) atoms. The van der Waals surface area contributed by atoms with Gasteiger partial charge >= 0.3 is 0 Å². The van der Waals surface area contributed by atoms with Gasteiger partial charge in [0.1, 0.15) is 0 Å². The van der Waals surface area contributed by atoms with Gasteiger partial charge in [-0.05, 0) is 73.2 Å². The molecule has 0 N–H and O–H groups in total. The molecule has 0 aliphatic rings. The smallest absolute Gasteiger partial charge is 0.0210 e. The van der Waals surface area contributed by atoms with Crippen molar-refractivity contribution in [1.29, 1.82) is 0 Å². The molecule has 0 aliphatic carbocycles. The Morgan fingerprint density at radius 3 is 1.28 bits per heavy atom. The molecule has 0 unspecified atom stereocenters. The second-order valence-electron chi connectivity index (χ2n) is 4.73. The zero-order chi connectivity index (χ0) is 13.4. The second-order valence-corrected chi connectivity index (χ2v) is 6.44. The number of hydrogen-bond acceptors (Lipinski definition) is 0. The number of hydrogen-bond donors (Lipinski definition) is 0. The molecule has 0 saturated heterocycles. The molecule has 0 fully saturated rings. The number of rotatable bonds is 1. The van der Waals surface area contributed by atoms with E-state index in [1.807, 2.05) is 0 Å². The Kier molecular flexibility index (Phi) is 3.98. The first-order chi connectivity index (χ1) is 8.43. The summed E-state index contributed by atoms with van der Waals surface area (Å²) in [5, 5.41) is 0. The van der Waals surface area contributed by atoms with Crippen LogP contribution in [0.3, 0.4) is 0 Å². The van der Waals surface area contributed by atoms with Crippen molar-refractivity contribution in [3.8, 4) is 11.1 Å². The molecular weight excluding hydrogens is 352 g/mol. The monoisotopic (exact) mass is 366 g/mol. The van der Waals surface area contributed by atoms with E-state index in [-0.39, 0.29) is 0 Å². The topological polar surface area (TPSA) is 0 Å². The van der Waals surface area contributed by atoms with Gasteiger partial charge in [0.2, 0.25) is 0 Å². The van der Waals surface area contributed by atoms with Gasteiger partial charge < -0.3 is 0 Å². The number of aryl methyl sites for hydroxylation is 2. The zero-order valence-electron chi connectivity index (χ0n) is 11.1. The van der Waals surface area contributed by atoms with Gasteiger partial charge in [-0.25, -0.2) is 0 Å². The molecular formula is C16H16Br2. The van der Waals surface area contributed by atoms with Crippen molar-refractivity contribution in [3.05, 3.63) is 55.5 Å². The molecule has 2 aromatic rings. The molecule has 0 spiro atoms. The second kappa shape index (κ2) is 5.18. The average molecular weight is 368 g/mol. The maximum atomic E-state index is 3.63. The normalized spacial score (nSPS) is 10.8. The summed E-state index contributed by atoms with van der Waals surface area (Å²) in [7, 11) is 0. The first-order valence-corrected chi connectivity index (χ1v) is 7.54. The van der Waals surface area contributed by atoms with Crippen LogP contribution in [-0.4, -0.2) is 0 Å². The zero-order valence-corrected chi connectivity index (χ0v) is 14.2. The number of benzene rings is 2. The summed E-state index contributed by atoms with van der Waals surface area (Å²) in [5.74, 6) is 0. The lowest BCUT2D eigenvalue weighted by Crippen LogP contribution is -1.95. The third kappa shape index (κ3) is 2.28. The maximum absolute atomic E-state index is 3.63. The van der Waals surface area contributed by atoms with Crippen LogP contribution < -0.4 is 0 Å². The summed E-state index contributed by atoms with van der Waals surface area (Å²) in [5.41, 5.74) is 7.94. The Bertz CT molecular complexity index is 557. The predicted octanol–water partition coefficient (Wildman–Crippen LogP) is 6.11. The summed E-state index contributed by atoms with van der Waals surface area (Å²) >= 11 is 7.27. The molecule has 0 heterocycles. The third-order valence-electron chi connectivity index (χ3n) is 3.46. The summed E-state index contributed by atoms with van der Waals surface area (Å²) < 4.78 is 2.34. The molecule has 0 amide bonds. The van der Waals surface area contributed by atoms with Crippen LogP contribution in [0.25, 0.3) is 11.1 Å². The van der Waals surface area contributed by atoms with Crippen LogP contribution in [0, 0.1) is 27.7 Å². The van der Waals surface area contributed by atoms with Crippen LogP contribution >= 0.6 is 31.9 Å². The van der Waals surface area contributed by atoms with E-state index in [4.69, 9.17) is 0 Å². The van der Waals surface area contributed by atoms with Crippen molar-refractivity contribution in [3.63, 3.8) is 0 Å². The molecule has 0 atom stereocenters. The van der Waals surface area contributed by atoms with E-state index in [1.54, 1.807) is 0 Å². The Morgan fingerprint density at radius 1 is 0.611 bits per heavy atom. The summed E-state index contributed by atoms with van der Waals surface area (Å²) in [6.07, 6.45) is 0. The Labute approximate surface area is 126 Å². The SMILES string of the molecule is Cc1ccc(Br)c(C)c1-c1c(C)ccc(Br)c1C. The van der Waals surface area contributed by atoms with Crippen molar-refractivity contribution in [2.45, 2.75) is 27.7 Å². The van der Waals surface area contributed by atoms with Crippen molar-refractivity contribution >= 4 is 31.9 Å². The third-order valence-corrected chi connectivity index (χ3v) is 5.18. The van der Waals surface area contributed by atoms with E-state index >= 15 is 0 Å². The van der Waals surface area contributed by atoms with E-state index in [0.717, 1.165) is 0 Å². The van der Waals surface area contributed by atoms with Gasteiger partial charge in [0.15, 0.2) is 0 Å². The van der Waals surface area contributed by atoms with Crippen molar-refractivity contribution in [1.82, 2.24) is 0 Å². The fourth-order valence-electron chi connectivity index (χ4n) is 2.41. The van der Waals surface area contributed by atoms with Crippen molar-refractivity contribution in [2.24, 2.45) is 0 Å². The van der Waals surface area contributed by atoms with Gasteiger partial charge in [0, 0.05) is 8.95 Å². The van der Waals surface area contributed by atoms with E-state index < -0.39 is 0 Å². The van der Waals surface area contributed by atoms with Gasteiger partial charge in [-0.2, -0.15) is 0 Å². The van der Waals surface area contributed by atoms with E-state index in [9.17, 15) is 0 Å². The molecule has 2 aromatic carbocycles. The molecule has 0 aromatic heterocycles. The van der Waals surface area contributed by atoms with Crippen LogP contribution in [0.4, 0.5) is 0 Å². The summed E-state index contributed by atoms with van der Waals surface area (Å²) in [6, 6.07) is 8.59. The van der Waals surface area contributed by atoms with Gasteiger partial charge in [-0.3, -0.25) is 0 Å². The first-order valence-electron chi connectivity index (χ1n) is 5.95. The first kappa shape index (κ1) is 13.8. The molecule has 0 saturated carbocycles. The molecule has 0 radical (unpaired) electrons. The van der Waals surface area contributed by atoms with Crippen LogP contribution in [-0.2, 0) is 0 Å². The highest BCUT2D eigenvalue weighted by molar-refractivity contribution is 9.10. The average Bonchev–Trinajstić information content (AvgIpc) is 2.33. The quantitative estimate of drug-likeness (QED) is 0.570. The highest BCUT2D eigenvalue weighted by atomic mass is 79.9. The van der Waals surface area contributed by atoms with Crippen LogP contribution in [0.1, 0.15) is 22.3 Å². The van der Waals surface area contributed by atoms with E-state index in [0.29, 0.717) is 0 Å². The molecule has 0 aliphatic heterocycles. The molecule has 2 rings (SSSR count). The van der Waals surface area contributed by atoms with Crippen LogP contribution in [0.2, 0.25) is 0 Å². The van der Waals surface area contributed by atoms with Gasteiger partial charge in [0.25, 0.3) is 0 Å². The summed E-state index contributed by atoms with van der Waals surface area (Å²) in [6.45, 7) is 8.70. The minimum atomic E-state index is 1.17. The minimum absolute atomic E-state index is 1.17. The molecule has 2 heteroatoms. The lowest BCUT2D eigenvalue weighted by molar-refractivity contribution is 1.29. The maximum Gasteiger partial charge on any atom is 0.0210 e. The largest absolute Gasteiger partial charge is 0.0576 e.